The summed E-state index contributed by atoms with van der Waals surface area (Å²) in [6, 6.07) is 15.7. The minimum Gasteiger partial charge on any atom is -0.492 e. The van der Waals surface area contributed by atoms with Crippen molar-refractivity contribution in [2.45, 2.75) is 25.7 Å². The number of benzene rings is 3. The molecule has 1 atom stereocenters. The van der Waals surface area contributed by atoms with Crippen LogP contribution in [0, 0.1) is 0 Å². The van der Waals surface area contributed by atoms with E-state index in [1.54, 1.807) is 37.3 Å². The van der Waals surface area contributed by atoms with Crippen LogP contribution in [0.1, 0.15) is 40.7 Å². The number of ether oxygens (including phenoxy) is 3. The second kappa shape index (κ2) is 11.9. The number of amides is 1. The molecule has 188 valence electrons. The minimum atomic E-state index is -0.504. The van der Waals surface area contributed by atoms with E-state index >= 15 is 0 Å². The van der Waals surface area contributed by atoms with Gasteiger partial charge >= 0.3 is 5.97 Å². The lowest BCUT2D eigenvalue weighted by Gasteiger charge is -2.26. The molecule has 0 fully saturated rings. The molecule has 3 aromatic carbocycles. The molecule has 6 nitrogen and oxygen atoms in total. The van der Waals surface area contributed by atoms with Crippen LogP contribution in [0.25, 0.3) is 0 Å². The molecule has 1 amide bonds. The second-order valence-electron chi connectivity index (χ2n) is 8.12. The van der Waals surface area contributed by atoms with Gasteiger partial charge in [-0.3, -0.25) is 9.59 Å². The molecule has 1 heterocycles. The van der Waals surface area contributed by atoms with E-state index in [0.717, 1.165) is 5.56 Å². The highest BCUT2D eigenvalue weighted by Gasteiger charge is 2.33. The smallest absolute Gasteiger partial charge is 0.313 e. The van der Waals surface area contributed by atoms with E-state index in [1.807, 2.05) is 24.3 Å². The van der Waals surface area contributed by atoms with Crippen molar-refractivity contribution in [2.24, 2.45) is 0 Å². The Morgan fingerprint density at radius 1 is 1.06 bits per heavy atom. The summed E-state index contributed by atoms with van der Waals surface area (Å²) in [6.07, 6.45) is 1.17. The van der Waals surface area contributed by atoms with E-state index in [2.05, 4.69) is 5.32 Å². The molecule has 0 radical (unpaired) electrons. The van der Waals surface area contributed by atoms with Gasteiger partial charge < -0.3 is 19.5 Å². The highest BCUT2D eigenvalue weighted by atomic mass is 35.5. The Morgan fingerprint density at radius 2 is 1.78 bits per heavy atom. The highest BCUT2D eigenvalue weighted by Crippen LogP contribution is 2.49. The topological polar surface area (TPSA) is 73.9 Å². The normalized spacial score (nSPS) is 14.4. The number of halogens is 3. The van der Waals surface area contributed by atoms with Crippen LogP contribution in [0.5, 0.6) is 17.2 Å². The number of carbonyl (C=O) groups is 2. The molecule has 36 heavy (non-hydrogen) atoms. The SMILES string of the molecule is CCOC(=O)C1CCOc2c1cc(Cl)c(Oc1ccc(C(=O)NCCc3ccc(Cl)cc3)cc1)c2Cl. The standard InChI is InChI=1S/C27H24Cl3NO5/c1-2-34-27(33)20-12-14-35-24-21(20)15-22(29)25(23(24)30)36-19-9-5-17(6-10-19)26(32)31-13-11-16-3-7-18(28)8-4-16/h3-10,15,20H,2,11-14H2,1H3,(H,31,32). The molecule has 0 aromatic heterocycles. The molecule has 3 aromatic rings. The van der Waals surface area contributed by atoms with E-state index in [9.17, 15) is 9.59 Å². The number of rotatable bonds is 8. The Morgan fingerprint density at radius 3 is 2.47 bits per heavy atom. The molecule has 4 rings (SSSR count). The van der Waals surface area contributed by atoms with Crippen LogP contribution in [0.4, 0.5) is 0 Å². The molecule has 0 saturated heterocycles. The summed E-state index contributed by atoms with van der Waals surface area (Å²) in [5.74, 6) is -0.0353. The average molecular weight is 549 g/mol. The summed E-state index contributed by atoms with van der Waals surface area (Å²) < 4.78 is 16.8. The van der Waals surface area contributed by atoms with Crippen molar-refractivity contribution in [3.8, 4) is 17.2 Å². The molecule has 9 heteroatoms. The zero-order valence-corrected chi connectivity index (χ0v) is 21.8. The number of nitrogens with one attached hydrogen (secondary N) is 1. The van der Waals surface area contributed by atoms with Gasteiger partial charge in [0.15, 0.2) is 5.75 Å². The summed E-state index contributed by atoms with van der Waals surface area (Å²) in [7, 11) is 0. The first-order chi connectivity index (χ1) is 17.4. The number of esters is 1. The maximum Gasteiger partial charge on any atom is 0.313 e. The molecule has 0 bridgehead atoms. The fourth-order valence-electron chi connectivity index (χ4n) is 3.89. The molecule has 1 aliphatic heterocycles. The Hall–Kier alpha value is -2.93. The fourth-order valence-corrected chi connectivity index (χ4v) is 4.62. The van der Waals surface area contributed by atoms with Gasteiger partial charge in [-0.1, -0.05) is 46.9 Å². The van der Waals surface area contributed by atoms with Gasteiger partial charge in [0, 0.05) is 22.7 Å². The van der Waals surface area contributed by atoms with E-state index in [-0.39, 0.29) is 34.3 Å². The third kappa shape index (κ3) is 6.06. The summed E-state index contributed by atoms with van der Waals surface area (Å²) in [4.78, 5) is 24.9. The first-order valence-electron chi connectivity index (χ1n) is 11.5. The molecule has 0 spiro atoms. The second-order valence-corrected chi connectivity index (χ2v) is 9.34. The van der Waals surface area contributed by atoms with Gasteiger partial charge in [-0.05, 0) is 67.8 Å². The van der Waals surface area contributed by atoms with Crippen molar-refractivity contribution < 1.29 is 23.8 Å². The van der Waals surface area contributed by atoms with Crippen molar-refractivity contribution in [3.05, 3.63) is 86.4 Å². The Balaban J connectivity index is 1.42. The van der Waals surface area contributed by atoms with Crippen molar-refractivity contribution in [3.63, 3.8) is 0 Å². The van der Waals surface area contributed by atoms with Gasteiger partial charge in [0.05, 0.1) is 24.2 Å². The number of hydrogen-bond acceptors (Lipinski definition) is 5. The molecular formula is C27H24Cl3NO5. The number of hydrogen-bond donors (Lipinski definition) is 1. The van der Waals surface area contributed by atoms with Crippen molar-refractivity contribution in [2.75, 3.05) is 19.8 Å². The molecule has 0 saturated carbocycles. The fraction of sp³-hybridized carbons (Fsp3) is 0.259. The van der Waals surface area contributed by atoms with Crippen molar-refractivity contribution >= 4 is 46.7 Å². The Kier molecular flexibility index (Phi) is 8.62. The summed E-state index contributed by atoms with van der Waals surface area (Å²) in [5, 5.41) is 3.99. The van der Waals surface area contributed by atoms with E-state index < -0.39 is 5.92 Å². The van der Waals surface area contributed by atoms with Crippen LogP contribution in [-0.4, -0.2) is 31.6 Å². The highest BCUT2D eigenvalue weighted by molar-refractivity contribution is 6.38. The molecule has 1 unspecified atom stereocenters. The van der Waals surface area contributed by atoms with Gasteiger partial charge in [0.1, 0.15) is 16.5 Å². The summed E-state index contributed by atoms with van der Waals surface area (Å²) in [5.41, 5.74) is 2.15. The maximum atomic E-state index is 12.5. The zero-order chi connectivity index (χ0) is 25.7. The number of carbonyl (C=O) groups excluding carboxylic acids is 2. The maximum absolute atomic E-state index is 12.5. The van der Waals surface area contributed by atoms with E-state index in [0.29, 0.717) is 53.6 Å². The monoisotopic (exact) mass is 547 g/mol. The molecular weight excluding hydrogens is 525 g/mol. The van der Waals surface area contributed by atoms with Gasteiger partial charge in [-0.2, -0.15) is 0 Å². The average Bonchev–Trinajstić information content (AvgIpc) is 2.88. The molecule has 1 N–H and O–H groups in total. The van der Waals surface area contributed by atoms with Gasteiger partial charge in [-0.15, -0.1) is 0 Å². The van der Waals surface area contributed by atoms with Gasteiger partial charge in [-0.25, -0.2) is 0 Å². The summed E-state index contributed by atoms with van der Waals surface area (Å²) >= 11 is 18.9. The van der Waals surface area contributed by atoms with Crippen LogP contribution >= 0.6 is 34.8 Å². The van der Waals surface area contributed by atoms with E-state index in [4.69, 9.17) is 49.0 Å². The Bertz CT molecular complexity index is 1250. The predicted octanol–water partition coefficient (Wildman–Crippen LogP) is 6.84. The zero-order valence-electron chi connectivity index (χ0n) is 19.5. The van der Waals surface area contributed by atoms with Gasteiger partial charge in [0.25, 0.3) is 5.91 Å². The van der Waals surface area contributed by atoms with Crippen LogP contribution in [-0.2, 0) is 16.0 Å². The van der Waals surface area contributed by atoms with E-state index in [1.165, 1.54) is 0 Å². The van der Waals surface area contributed by atoms with Crippen LogP contribution in [0.3, 0.4) is 0 Å². The van der Waals surface area contributed by atoms with Crippen LogP contribution < -0.4 is 14.8 Å². The van der Waals surface area contributed by atoms with Crippen molar-refractivity contribution in [1.82, 2.24) is 5.32 Å². The third-order valence-corrected chi connectivity index (χ3v) is 6.58. The first kappa shape index (κ1) is 26.1. The quantitative estimate of drug-likeness (QED) is 0.312. The largest absolute Gasteiger partial charge is 0.492 e. The molecule has 1 aliphatic rings. The first-order valence-corrected chi connectivity index (χ1v) is 12.6. The lowest BCUT2D eigenvalue weighted by molar-refractivity contribution is -0.145. The van der Waals surface area contributed by atoms with Crippen LogP contribution in [0.2, 0.25) is 15.1 Å². The lowest BCUT2D eigenvalue weighted by Crippen LogP contribution is -2.25. The predicted molar refractivity (Wildman–Crippen MR) is 140 cm³/mol. The van der Waals surface area contributed by atoms with Crippen LogP contribution in [0.15, 0.2) is 54.6 Å². The summed E-state index contributed by atoms with van der Waals surface area (Å²) in [6.45, 7) is 2.85. The third-order valence-electron chi connectivity index (χ3n) is 5.71. The van der Waals surface area contributed by atoms with Gasteiger partial charge in [0.2, 0.25) is 0 Å². The minimum absolute atomic E-state index is 0.176. The Labute approximate surface area is 224 Å². The lowest BCUT2D eigenvalue weighted by atomic mass is 9.93. The number of fused-ring (bicyclic) bond motifs is 1. The van der Waals surface area contributed by atoms with Crippen molar-refractivity contribution in [1.29, 1.82) is 0 Å². The molecule has 0 aliphatic carbocycles.